The van der Waals surface area contributed by atoms with E-state index in [0.29, 0.717) is 0 Å². The van der Waals surface area contributed by atoms with E-state index in [1.807, 2.05) is 19.9 Å². The van der Waals surface area contributed by atoms with Crippen LogP contribution in [0.1, 0.15) is 38.4 Å². The normalized spacial score (nSPS) is 12.8. The maximum Gasteiger partial charge on any atom is 0.138 e. The molecule has 0 bridgehead atoms. The van der Waals surface area contributed by atoms with Crippen molar-refractivity contribution in [1.29, 1.82) is 0 Å². The molecular weight excluding hydrogens is 234 g/mol. The Kier molecular flexibility index (Phi) is 6.37. The molecule has 96 valence electrons. The molecule has 0 aromatic carbocycles. The van der Waals surface area contributed by atoms with Crippen molar-refractivity contribution in [3.05, 3.63) is 24.0 Å². The fraction of sp³-hybridized carbons (Fsp3) is 0.615. The summed E-state index contributed by atoms with van der Waals surface area (Å²) in [7, 11) is 0. The highest BCUT2D eigenvalue weighted by Crippen LogP contribution is 2.22. The maximum atomic E-state index is 10.0. The van der Waals surface area contributed by atoms with Crippen LogP contribution in [0.15, 0.2) is 18.5 Å². The largest absolute Gasteiger partial charge is 0.489 e. The smallest absolute Gasteiger partial charge is 0.138 e. The zero-order valence-corrected chi connectivity index (χ0v) is 11.5. The number of aliphatic hydroxyl groups is 1. The summed E-state index contributed by atoms with van der Waals surface area (Å²) in [6.45, 7) is 3.95. The van der Waals surface area contributed by atoms with Crippen molar-refractivity contribution in [2.45, 2.75) is 38.9 Å². The first-order valence-corrected chi connectivity index (χ1v) is 7.31. The number of nitrogens with zero attached hydrogens (tertiary/aromatic N) is 1. The lowest BCUT2D eigenvalue weighted by molar-refractivity contribution is 0.165. The van der Waals surface area contributed by atoms with E-state index in [1.54, 1.807) is 24.2 Å². The molecule has 0 radical (unpaired) electrons. The second-order valence-electron chi connectivity index (χ2n) is 4.27. The number of aliphatic hydroxyl groups excluding tert-OH is 1. The van der Waals surface area contributed by atoms with Gasteiger partial charge >= 0.3 is 0 Å². The number of thioether (sulfide) groups is 1. The fourth-order valence-corrected chi connectivity index (χ4v) is 2.00. The van der Waals surface area contributed by atoms with Crippen LogP contribution >= 0.6 is 11.8 Å². The van der Waals surface area contributed by atoms with Crippen molar-refractivity contribution >= 4 is 11.8 Å². The van der Waals surface area contributed by atoms with Crippen LogP contribution in [0.25, 0.3) is 0 Å². The summed E-state index contributed by atoms with van der Waals surface area (Å²) in [6.07, 6.45) is 6.93. The molecule has 3 nitrogen and oxygen atoms in total. The van der Waals surface area contributed by atoms with Gasteiger partial charge in [-0.3, -0.25) is 4.98 Å². The summed E-state index contributed by atoms with van der Waals surface area (Å²) in [6, 6.07) is 1.87. The van der Waals surface area contributed by atoms with Crippen LogP contribution in [-0.2, 0) is 0 Å². The summed E-state index contributed by atoms with van der Waals surface area (Å²) < 4.78 is 5.55. The second-order valence-corrected chi connectivity index (χ2v) is 5.26. The molecule has 0 aliphatic heterocycles. The molecular formula is C13H21NO2S. The Morgan fingerprint density at radius 1 is 1.41 bits per heavy atom. The number of aromatic nitrogens is 1. The van der Waals surface area contributed by atoms with Crippen molar-refractivity contribution in [3.8, 4) is 5.75 Å². The highest BCUT2D eigenvalue weighted by molar-refractivity contribution is 7.98. The van der Waals surface area contributed by atoms with Gasteiger partial charge in [0, 0.05) is 11.8 Å². The average molecular weight is 255 g/mol. The van der Waals surface area contributed by atoms with E-state index in [0.717, 1.165) is 29.9 Å². The molecule has 0 saturated heterocycles. The van der Waals surface area contributed by atoms with Gasteiger partial charge in [0.2, 0.25) is 0 Å². The Balaban J connectivity index is 2.57. The maximum absolute atomic E-state index is 10.0. The number of rotatable bonds is 7. The van der Waals surface area contributed by atoms with Gasteiger partial charge in [0.1, 0.15) is 5.75 Å². The standard InChI is InChI=1S/C13H21NO2S/c1-10(2)16-12-7-11(8-14-9-12)13(15)5-4-6-17-3/h7-10,13,15H,4-6H2,1-3H3. The van der Waals surface area contributed by atoms with Gasteiger partial charge in [0.25, 0.3) is 0 Å². The third-order valence-corrected chi connectivity index (χ3v) is 3.01. The van der Waals surface area contributed by atoms with Crippen LogP contribution in [-0.4, -0.2) is 28.2 Å². The van der Waals surface area contributed by atoms with Gasteiger partial charge in [0.05, 0.1) is 18.4 Å². The van der Waals surface area contributed by atoms with Crippen molar-refractivity contribution in [3.63, 3.8) is 0 Å². The van der Waals surface area contributed by atoms with Gasteiger partial charge < -0.3 is 9.84 Å². The fourth-order valence-electron chi connectivity index (χ4n) is 1.54. The zero-order valence-electron chi connectivity index (χ0n) is 10.7. The first-order chi connectivity index (χ1) is 8.13. The van der Waals surface area contributed by atoms with Gasteiger partial charge in [-0.15, -0.1) is 0 Å². The molecule has 17 heavy (non-hydrogen) atoms. The van der Waals surface area contributed by atoms with E-state index in [4.69, 9.17) is 4.74 Å². The number of ether oxygens (including phenoxy) is 1. The molecule has 0 spiro atoms. The van der Waals surface area contributed by atoms with Crippen molar-refractivity contribution in [1.82, 2.24) is 4.98 Å². The Bertz CT molecular complexity index is 331. The van der Waals surface area contributed by atoms with Crippen molar-refractivity contribution < 1.29 is 9.84 Å². The average Bonchev–Trinajstić information content (AvgIpc) is 2.28. The highest BCUT2D eigenvalue weighted by Gasteiger charge is 2.09. The van der Waals surface area contributed by atoms with Crippen LogP contribution in [0, 0.1) is 0 Å². The van der Waals surface area contributed by atoms with Crippen LogP contribution in [0.5, 0.6) is 5.75 Å². The second kappa shape index (κ2) is 7.56. The molecule has 1 atom stereocenters. The van der Waals surface area contributed by atoms with E-state index in [9.17, 15) is 5.11 Å². The summed E-state index contributed by atoms with van der Waals surface area (Å²) in [5.41, 5.74) is 0.837. The first kappa shape index (κ1) is 14.3. The summed E-state index contributed by atoms with van der Waals surface area (Å²) in [4.78, 5) is 4.10. The summed E-state index contributed by atoms with van der Waals surface area (Å²) in [5.74, 6) is 1.80. The zero-order chi connectivity index (χ0) is 12.7. The third-order valence-electron chi connectivity index (χ3n) is 2.32. The van der Waals surface area contributed by atoms with E-state index in [1.165, 1.54) is 0 Å². The lowest BCUT2D eigenvalue weighted by Gasteiger charge is -2.13. The van der Waals surface area contributed by atoms with Crippen LogP contribution in [0.3, 0.4) is 0 Å². The molecule has 0 fully saturated rings. The molecule has 1 aromatic heterocycles. The molecule has 1 unspecified atom stereocenters. The minimum absolute atomic E-state index is 0.126. The number of pyridine rings is 1. The van der Waals surface area contributed by atoms with Gasteiger partial charge in [-0.25, -0.2) is 0 Å². The monoisotopic (exact) mass is 255 g/mol. The summed E-state index contributed by atoms with van der Waals surface area (Å²) >= 11 is 1.80. The van der Waals surface area contributed by atoms with Gasteiger partial charge in [-0.2, -0.15) is 11.8 Å². The molecule has 0 aliphatic carbocycles. The first-order valence-electron chi connectivity index (χ1n) is 5.92. The minimum atomic E-state index is -0.439. The molecule has 0 aliphatic rings. The SMILES string of the molecule is CSCCCC(O)c1cncc(OC(C)C)c1. The van der Waals surface area contributed by atoms with Crippen LogP contribution in [0.4, 0.5) is 0 Å². The molecule has 0 amide bonds. The Morgan fingerprint density at radius 3 is 2.82 bits per heavy atom. The minimum Gasteiger partial charge on any atom is -0.489 e. The van der Waals surface area contributed by atoms with Crippen molar-refractivity contribution in [2.75, 3.05) is 12.0 Å². The Morgan fingerprint density at radius 2 is 2.18 bits per heavy atom. The topological polar surface area (TPSA) is 42.4 Å². The van der Waals surface area contributed by atoms with E-state index >= 15 is 0 Å². The van der Waals surface area contributed by atoms with Crippen molar-refractivity contribution in [2.24, 2.45) is 0 Å². The molecule has 1 aromatic rings. The van der Waals surface area contributed by atoms with E-state index < -0.39 is 6.10 Å². The predicted octanol–water partition coefficient (Wildman–Crippen LogP) is 3.05. The lowest BCUT2D eigenvalue weighted by atomic mass is 10.1. The van der Waals surface area contributed by atoms with E-state index in [2.05, 4.69) is 11.2 Å². The molecule has 1 rings (SSSR count). The Labute approximate surface area is 108 Å². The van der Waals surface area contributed by atoms with Gasteiger partial charge in [0.15, 0.2) is 0 Å². The van der Waals surface area contributed by atoms with Gasteiger partial charge in [-0.1, -0.05) is 0 Å². The van der Waals surface area contributed by atoms with Crippen LogP contribution < -0.4 is 4.74 Å². The van der Waals surface area contributed by atoms with E-state index in [-0.39, 0.29) is 6.10 Å². The molecule has 4 heteroatoms. The van der Waals surface area contributed by atoms with Crippen LogP contribution in [0.2, 0.25) is 0 Å². The quantitative estimate of drug-likeness (QED) is 0.760. The molecule has 1 N–H and O–H groups in total. The number of hydrogen-bond donors (Lipinski definition) is 1. The molecule has 0 saturated carbocycles. The predicted molar refractivity (Wildman–Crippen MR) is 72.6 cm³/mol. The Hall–Kier alpha value is -0.740. The number of hydrogen-bond acceptors (Lipinski definition) is 4. The highest BCUT2D eigenvalue weighted by atomic mass is 32.2. The van der Waals surface area contributed by atoms with Gasteiger partial charge in [-0.05, 0) is 44.8 Å². The molecule has 1 heterocycles. The lowest BCUT2D eigenvalue weighted by Crippen LogP contribution is -2.07. The summed E-state index contributed by atoms with van der Waals surface area (Å²) in [5, 5.41) is 10.0. The third kappa shape index (κ3) is 5.41.